The number of aryl methyl sites for hydroxylation is 1. The Morgan fingerprint density at radius 1 is 1.19 bits per heavy atom. The third-order valence-electron chi connectivity index (χ3n) is 3.21. The minimum Gasteiger partial charge on any atom is -0.463 e. The highest BCUT2D eigenvalue weighted by atomic mass is 16.3. The van der Waals surface area contributed by atoms with Crippen LogP contribution in [0.15, 0.2) is 28.9 Å². The fraction of sp³-hybridized carbons (Fsp3) is 0.333. The van der Waals surface area contributed by atoms with Crippen molar-refractivity contribution in [2.75, 3.05) is 20.1 Å². The number of furan rings is 1. The number of carbonyl (C=O) groups excluding carboxylic acids is 2. The van der Waals surface area contributed by atoms with Gasteiger partial charge in [-0.25, -0.2) is 4.79 Å². The summed E-state index contributed by atoms with van der Waals surface area (Å²) in [7, 11) is 1.54. The zero-order valence-corrected chi connectivity index (χ0v) is 12.2. The van der Waals surface area contributed by atoms with Crippen LogP contribution >= 0.6 is 0 Å². The van der Waals surface area contributed by atoms with Crippen LogP contribution in [0, 0.1) is 0 Å². The maximum atomic E-state index is 12.1. The van der Waals surface area contributed by atoms with Crippen molar-refractivity contribution in [3.05, 3.63) is 35.6 Å². The van der Waals surface area contributed by atoms with Gasteiger partial charge in [0, 0.05) is 25.5 Å². The molecule has 3 amide bonds. The molecule has 2 rings (SSSR count). The van der Waals surface area contributed by atoms with E-state index in [0.717, 1.165) is 17.4 Å². The predicted molar refractivity (Wildman–Crippen MR) is 80.4 cm³/mol. The zero-order chi connectivity index (χ0) is 15.2. The van der Waals surface area contributed by atoms with E-state index < -0.39 is 0 Å². The maximum absolute atomic E-state index is 12.1. The van der Waals surface area contributed by atoms with Gasteiger partial charge in [-0.15, -0.1) is 0 Å². The Balaban J connectivity index is 2.00. The fourth-order valence-corrected chi connectivity index (χ4v) is 2.01. The van der Waals surface area contributed by atoms with Crippen molar-refractivity contribution < 1.29 is 14.0 Å². The number of rotatable bonds is 5. The Bertz CT molecular complexity index is 649. The lowest BCUT2D eigenvalue weighted by Gasteiger charge is -2.06. The quantitative estimate of drug-likeness (QED) is 0.732. The SMILES string of the molecule is CCc1ccc2occ(C(=O)NCCNC(=O)NC)c2c1. The highest BCUT2D eigenvalue weighted by Crippen LogP contribution is 2.22. The fourth-order valence-electron chi connectivity index (χ4n) is 2.01. The molecule has 0 spiro atoms. The van der Waals surface area contributed by atoms with Crippen molar-refractivity contribution in [1.82, 2.24) is 16.0 Å². The molecule has 0 aliphatic heterocycles. The van der Waals surface area contributed by atoms with Crippen LogP contribution in [0.1, 0.15) is 22.8 Å². The molecule has 3 N–H and O–H groups in total. The Kier molecular flexibility index (Phi) is 4.81. The van der Waals surface area contributed by atoms with Crippen molar-refractivity contribution in [2.24, 2.45) is 0 Å². The lowest BCUT2D eigenvalue weighted by atomic mass is 10.1. The van der Waals surface area contributed by atoms with E-state index in [9.17, 15) is 9.59 Å². The summed E-state index contributed by atoms with van der Waals surface area (Å²) in [5.41, 5.74) is 2.36. The van der Waals surface area contributed by atoms with Gasteiger partial charge in [0.05, 0.1) is 5.56 Å². The van der Waals surface area contributed by atoms with Crippen LogP contribution < -0.4 is 16.0 Å². The van der Waals surface area contributed by atoms with Crippen LogP contribution in [0.3, 0.4) is 0 Å². The van der Waals surface area contributed by atoms with Crippen LogP contribution in [-0.2, 0) is 6.42 Å². The summed E-state index contributed by atoms with van der Waals surface area (Å²) in [5, 5.41) is 8.60. The molecule has 0 saturated carbocycles. The summed E-state index contributed by atoms with van der Waals surface area (Å²) >= 11 is 0. The molecule has 0 unspecified atom stereocenters. The van der Waals surface area contributed by atoms with Crippen LogP contribution in [0.4, 0.5) is 4.79 Å². The number of amides is 3. The van der Waals surface area contributed by atoms with Crippen molar-refractivity contribution in [3.8, 4) is 0 Å². The Morgan fingerprint density at radius 2 is 1.95 bits per heavy atom. The van der Waals surface area contributed by atoms with Gasteiger partial charge in [0.1, 0.15) is 11.8 Å². The van der Waals surface area contributed by atoms with Gasteiger partial charge in [-0.3, -0.25) is 4.79 Å². The lowest BCUT2D eigenvalue weighted by molar-refractivity contribution is 0.0954. The largest absolute Gasteiger partial charge is 0.463 e. The molecule has 1 heterocycles. The molecule has 6 nitrogen and oxygen atoms in total. The van der Waals surface area contributed by atoms with E-state index in [0.29, 0.717) is 24.2 Å². The number of nitrogens with one attached hydrogen (secondary N) is 3. The summed E-state index contributed by atoms with van der Waals surface area (Å²) in [6, 6.07) is 5.56. The van der Waals surface area contributed by atoms with E-state index in [1.807, 2.05) is 18.2 Å². The monoisotopic (exact) mass is 289 g/mol. The zero-order valence-electron chi connectivity index (χ0n) is 12.2. The molecule has 1 aromatic carbocycles. The number of benzene rings is 1. The van der Waals surface area contributed by atoms with Gasteiger partial charge >= 0.3 is 6.03 Å². The molecular weight excluding hydrogens is 270 g/mol. The summed E-state index contributed by atoms with van der Waals surface area (Å²) in [6.07, 6.45) is 2.36. The molecular formula is C15H19N3O3. The standard InChI is InChI=1S/C15H19N3O3/c1-3-10-4-5-13-11(8-10)12(9-21-13)14(19)17-6-7-18-15(20)16-2/h4-5,8-9H,3,6-7H2,1-2H3,(H,17,19)(H2,16,18,20). The Morgan fingerprint density at radius 3 is 2.67 bits per heavy atom. The molecule has 0 fully saturated rings. The number of hydrogen-bond acceptors (Lipinski definition) is 3. The minimum absolute atomic E-state index is 0.208. The van der Waals surface area contributed by atoms with Gasteiger partial charge in [-0.1, -0.05) is 13.0 Å². The molecule has 21 heavy (non-hydrogen) atoms. The topological polar surface area (TPSA) is 83.4 Å². The first-order chi connectivity index (χ1) is 10.2. The number of carbonyl (C=O) groups is 2. The number of hydrogen-bond donors (Lipinski definition) is 3. The van der Waals surface area contributed by atoms with Crippen LogP contribution in [0.2, 0.25) is 0 Å². The van der Waals surface area contributed by atoms with Gasteiger partial charge in [-0.2, -0.15) is 0 Å². The van der Waals surface area contributed by atoms with E-state index in [2.05, 4.69) is 22.9 Å². The summed E-state index contributed by atoms with van der Waals surface area (Å²) in [4.78, 5) is 23.1. The smallest absolute Gasteiger partial charge is 0.314 e. The first kappa shape index (κ1) is 14.9. The van der Waals surface area contributed by atoms with Gasteiger partial charge in [0.15, 0.2) is 0 Å². The second-order valence-corrected chi connectivity index (χ2v) is 4.60. The van der Waals surface area contributed by atoms with Crippen molar-refractivity contribution in [1.29, 1.82) is 0 Å². The highest BCUT2D eigenvalue weighted by Gasteiger charge is 2.13. The average molecular weight is 289 g/mol. The van der Waals surface area contributed by atoms with E-state index in [-0.39, 0.29) is 11.9 Å². The van der Waals surface area contributed by atoms with E-state index in [1.54, 1.807) is 0 Å². The maximum Gasteiger partial charge on any atom is 0.314 e. The molecule has 0 aliphatic rings. The van der Waals surface area contributed by atoms with Crippen molar-refractivity contribution >= 4 is 22.9 Å². The van der Waals surface area contributed by atoms with Gasteiger partial charge in [-0.05, 0) is 24.1 Å². The van der Waals surface area contributed by atoms with Gasteiger partial charge < -0.3 is 20.4 Å². The number of urea groups is 1. The minimum atomic E-state index is -0.273. The molecule has 0 radical (unpaired) electrons. The third-order valence-corrected chi connectivity index (χ3v) is 3.21. The Hall–Kier alpha value is -2.50. The third kappa shape index (κ3) is 3.53. The molecule has 1 aromatic heterocycles. The van der Waals surface area contributed by atoms with Crippen molar-refractivity contribution in [2.45, 2.75) is 13.3 Å². The summed E-state index contributed by atoms with van der Waals surface area (Å²) in [6.45, 7) is 2.78. The van der Waals surface area contributed by atoms with Gasteiger partial charge in [0.2, 0.25) is 0 Å². The van der Waals surface area contributed by atoms with E-state index in [4.69, 9.17) is 4.42 Å². The van der Waals surface area contributed by atoms with E-state index in [1.165, 1.54) is 13.3 Å². The molecule has 0 aliphatic carbocycles. The predicted octanol–water partition coefficient (Wildman–Crippen LogP) is 1.65. The second kappa shape index (κ2) is 6.78. The van der Waals surface area contributed by atoms with Crippen LogP contribution in [-0.4, -0.2) is 32.1 Å². The molecule has 112 valence electrons. The average Bonchev–Trinajstić information content (AvgIpc) is 2.93. The van der Waals surface area contributed by atoms with Crippen LogP contribution in [0.5, 0.6) is 0 Å². The molecule has 0 bridgehead atoms. The molecule has 0 atom stereocenters. The highest BCUT2D eigenvalue weighted by molar-refractivity contribution is 6.06. The Labute approximate surface area is 122 Å². The van der Waals surface area contributed by atoms with Crippen LogP contribution in [0.25, 0.3) is 11.0 Å². The van der Waals surface area contributed by atoms with E-state index >= 15 is 0 Å². The molecule has 2 aromatic rings. The molecule has 6 heteroatoms. The lowest BCUT2D eigenvalue weighted by Crippen LogP contribution is -2.38. The normalized spacial score (nSPS) is 10.4. The first-order valence-corrected chi connectivity index (χ1v) is 6.89. The molecule has 0 saturated heterocycles. The summed E-state index contributed by atoms with van der Waals surface area (Å²) in [5.74, 6) is -0.208. The summed E-state index contributed by atoms with van der Waals surface area (Å²) < 4.78 is 5.39. The second-order valence-electron chi connectivity index (χ2n) is 4.60. The van der Waals surface area contributed by atoms with Gasteiger partial charge in [0.25, 0.3) is 5.91 Å². The first-order valence-electron chi connectivity index (χ1n) is 6.89. The van der Waals surface area contributed by atoms with Crippen molar-refractivity contribution in [3.63, 3.8) is 0 Å². The number of fused-ring (bicyclic) bond motifs is 1.